The van der Waals surface area contributed by atoms with Crippen molar-refractivity contribution in [3.63, 3.8) is 0 Å². The molecule has 0 radical (unpaired) electrons. The molecule has 0 fully saturated rings. The minimum atomic E-state index is 0.705. The molecule has 0 amide bonds. The molecule has 1 heterocycles. The van der Waals surface area contributed by atoms with Gasteiger partial charge in [0.1, 0.15) is 0 Å². The molecule has 0 aliphatic heterocycles. The highest BCUT2D eigenvalue weighted by Gasteiger charge is 1.94. The molecule has 0 bridgehead atoms. The van der Waals surface area contributed by atoms with E-state index in [4.69, 9.17) is 0 Å². The van der Waals surface area contributed by atoms with Gasteiger partial charge in [0.2, 0.25) is 0 Å². The molecular weight excluding hydrogens is 186 g/mol. The minimum absolute atomic E-state index is 0.705. The maximum atomic E-state index is 4.19. The van der Waals surface area contributed by atoms with Gasteiger partial charge in [0, 0.05) is 18.1 Å². The van der Waals surface area contributed by atoms with Crippen molar-refractivity contribution in [1.82, 2.24) is 9.97 Å². The SMILES string of the molecule is Cc1ccc(NCc2cnccn2)cc1. The van der Waals surface area contributed by atoms with Crippen molar-refractivity contribution in [3.05, 3.63) is 54.1 Å². The zero-order chi connectivity index (χ0) is 10.5. The maximum absolute atomic E-state index is 4.19. The van der Waals surface area contributed by atoms with E-state index >= 15 is 0 Å². The van der Waals surface area contributed by atoms with Crippen molar-refractivity contribution in [2.24, 2.45) is 0 Å². The number of nitrogens with zero attached hydrogens (tertiary/aromatic N) is 2. The Morgan fingerprint density at radius 3 is 2.60 bits per heavy atom. The van der Waals surface area contributed by atoms with Crippen molar-refractivity contribution in [3.8, 4) is 0 Å². The van der Waals surface area contributed by atoms with Gasteiger partial charge in [-0.3, -0.25) is 9.97 Å². The number of rotatable bonds is 3. The third-order valence-electron chi connectivity index (χ3n) is 2.14. The van der Waals surface area contributed by atoms with Gasteiger partial charge in [-0.15, -0.1) is 0 Å². The smallest absolute Gasteiger partial charge is 0.0777 e. The molecule has 3 heteroatoms. The molecule has 15 heavy (non-hydrogen) atoms. The summed E-state index contributed by atoms with van der Waals surface area (Å²) in [4.78, 5) is 8.19. The summed E-state index contributed by atoms with van der Waals surface area (Å²) >= 11 is 0. The molecule has 1 aromatic heterocycles. The lowest BCUT2D eigenvalue weighted by Crippen LogP contribution is -2.01. The van der Waals surface area contributed by atoms with E-state index in [0.29, 0.717) is 6.54 Å². The molecule has 1 aromatic carbocycles. The first-order valence-corrected chi connectivity index (χ1v) is 4.90. The fourth-order valence-corrected chi connectivity index (χ4v) is 1.29. The monoisotopic (exact) mass is 199 g/mol. The number of aryl methyl sites for hydroxylation is 1. The van der Waals surface area contributed by atoms with E-state index in [1.165, 1.54) is 5.56 Å². The van der Waals surface area contributed by atoms with Gasteiger partial charge in [-0.25, -0.2) is 0 Å². The van der Waals surface area contributed by atoms with Crippen LogP contribution < -0.4 is 5.32 Å². The van der Waals surface area contributed by atoms with Crippen LogP contribution in [0.2, 0.25) is 0 Å². The van der Waals surface area contributed by atoms with Crippen molar-refractivity contribution in [2.75, 3.05) is 5.32 Å². The lowest BCUT2D eigenvalue weighted by atomic mass is 10.2. The number of nitrogens with one attached hydrogen (secondary N) is 1. The van der Waals surface area contributed by atoms with E-state index in [1.807, 2.05) is 0 Å². The number of anilines is 1. The fraction of sp³-hybridized carbons (Fsp3) is 0.167. The number of hydrogen-bond acceptors (Lipinski definition) is 3. The van der Waals surface area contributed by atoms with Gasteiger partial charge in [0.05, 0.1) is 18.4 Å². The van der Waals surface area contributed by atoms with Crippen LogP contribution in [0, 0.1) is 6.92 Å². The second-order valence-corrected chi connectivity index (χ2v) is 3.42. The van der Waals surface area contributed by atoms with Crippen LogP contribution in [0.15, 0.2) is 42.9 Å². The number of benzene rings is 1. The summed E-state index contributed by atoms with van der Waals surface area (Å²) in [5, 5.41) is 3.29. The van der Waals surface area contributed by atoms with Crippen molar-refractivity contribution < 1.29 is 0 Å². The molecule has 76 valence electrons. The predicted molar refractivity (Wildman–Crippen MR) is 60.5 cm³/mol. The third kappa shape index (κ3) is 2.77. The zero-order valence-corrected chi connectivity index (χ0v) is 8.64. The van der Waals surface area contributed by atoms with E-state index in [2.05, 4.69) is 46.5 Å². The zero-order valence-electron chi connectivity index (χ0n) is 8.64. The highest BCUT2D eigenvalue weighted by molar-refractivity contribution is 5.44. The summed E-state index contributed by atoms with van der Waals surface area (Å²) in [5.74, 6) is 0. The molecule has 0 aliphatic carbocycles. The van der Waals surface area contributed by atoms with Gasteiger partial charge in [0.25, 0.3) is 0 Å². The molecule has 0 saturated carbocycles. The largest absolute Gasteiger partial charge is 0.379 e. The number of hydrogen-bond donors (Lipinski definition) is 1. The van der Waals surface area contributed by atoms with E-state index in [0.717, 1.165) is 11.4 Å². The Hall–Kier alpha value is -1.90. The lowest BCUT2D eigenvalue weighted by Gasteiger charge is -2.05. The third-order valence-corrected chi connectivity index (χ3v) is 2.14. The van der Waals surface area contributed by atoms with Crippen LogP contribution in [0.5, 0.6) is 0 Å². The van der Waals surface area contributed by atoms with E-state index in [-0.39, 0.29) is 0 Å². The topological polar surface area (TPSA) is 37.8 Å². The highest BCUT2D eigenvalue weighted by Crippen LogP contribution is 2.09. The van der Waals surface area contributed by atoms with Crippen LogP contribution >= 0.6 is 0 Å². The van der Waals surface area contributed by atoms with Crippen molar-refractivity contribution >= 4 is 5.69 Å². The van der Waals surface area contributed by atoms with Gasteiger partial charge >= 0.3 is 0 Å². The Morgan fingerprint density at radius 2 is 1.93 bits per heavy atom. The Kier molecular flexibility index (Phi) is 2.93. The van der Waals surface area contributed by atoms with Gasteiger partial charge in [-0.2, -0.15) is 0 Å². The molecular formula is C12H13N3. The van der Waals surface area contributed by atoms with Crippen LogP contribution in [-0.4, -0.2) is 9.97 Å². The second kappa shape index (κ2) is 4.55. The van der Waals surface area contributed by atoms with Crippen molar-refractivity contribution in [2.45, 2.75) is 13.5 Å². The van der Waals surface area contributed by atoms with Gasteiger partial charge in [-0.05, 0) is 19.1 Å². The van der Waals surface area contributed by atoms with Crippen LogP contribution in [0.3, 0.4) is 0 Å². The first kappa shape index (κ1) is 9.65. The van der Waals surface area contributed by atoms with Crippen LogP contribution in [-0.2, 0) is 6.54 Å². The second-order valence-electron chi connectivity index (χ2n) is 3.42. The molecule has 0 spiro atoms. The summed E-state index contributed by atoms with van der Waals surface area (Å²) in [6, 6.07) is 8.29. The first-order valence-electron chi connectivity index (χ1n) is 4.90. The summed E-state index contributed by atoms with van der Waals surface area (Å²) in [6.45, 7) is 2.78. The lowest BCUT2D eigenvalue weighted by molar-refractivity contribution is 1.01. The number of aromatic nitrogens is 2. The predicted octanol–water partition coefficient (Wildman–Crippen LogP) is 2.40. The maximum Gasteiger partial charge on any atom is 0.0777 e. The molecule has 0 aliphatic rings. The summed E-state index contributed by atoms with van der Waals surface area (Å²) in [7, 11) is 0. The molecule has 3 nitrogen and oxygen atoms in total. The Bertz CT molecular complexity index is 409. The Labute approximate surface area is 89.2 Å². The molecule has 0 saturated heterocycles. The highest BCUT2D eigenvalue weighted by atomic mass is 14.9. The molecule has 2 aromatic rings. The normalized spacial score (nSPS) is 9.93. The molecule has 2 rings (SSSR count). The average Bonchev–Trinajstić information content (AvgIpc) is 2.30. The van der Waals surface area contributed by atoms with E-state index < -0.39 is 0 Å². The van der Waals surface area contributed by atoms with Crippen LogP contribution in [0.4, 0.5) is 5.69 Å². The molecule has 0 unspecified atom stereocenters. The summed E-state index contributed by atoms with van der Waals surface area (Å²) < 4.78 is 0. The first-order chi connectivity index (χ1) is 7.34. The molecule has 1 N–H and O–H groups in total. The van der Waals surface area contributed by atoms with Gasteiger partial charge in [0.15, 0.2) is 0 Å². The van der Waals surface area contributed by atoms with Gasteiger partial charge < -0.3 is 5.32 Å². The summed E-state index contributed by atoms with van der Waals surface area (Å²) in [6.07, 6.45) is 5.14. The van der Waals surface area contributed by atoms with Crippen LogP contribution in [0.1, 0.15) is 11.3 Å². The standard InChI is InChI=1S/C12H13N3/c1-10-2-4-11(5-3-10)15-9-12-8-13-6-7-14-12/h2-8,15H,9H2,1H3. The quantitative estimate of drug-likeness (QED) is 0.824. The average molecular weight is 199 g/mol. The molecule has 0 atom stereocenters. The minimum Gasteiger partial charge on any atom is -0.379 e. The Morgan fingerprint density at radius 1 is 1.13 bits per heavy atom. The fourth-order valence-electron chi connectivity index (χ4n) is 1.29. The van der Waals surface area contributed by atoms with E-state index in [9.17, 15) is 0 Å². The van der Waals surface area contributed by atoms with Gasteiger partial charge in [-0.1, -0.05) is 17.7 Å². The van der Waals surface area contributed by atoms with E-state index in [1.54, 1.807) is 18.6 Å². The Balaban J connectivity index is 1.96. The summed E-state index contributed by atoms with van der Waals surface area (Å²) in [5.41, 5.74) is 3.31. The van der Waals surface area contributed by atoms with Crippen molar-refractivity contribution in [1.29, 1.82) is 0 Å². The van der Waals surface area contributed by atoms with Crippen LogP contribution in [0.25, 0.3) is 0 Å².